The molecule has 2 N–H and O–H groups in total. The van der Waals surface area contributed by atoms with Crippen molar-refractivity contribution in [2.24, 2.45) is 17.6 Å². The Balaban J connectivity index is 0.00000112. The summed E-state index contributed by atoms with van der Waals surface area (Å²) in [6, 6.07) is 0. The van der Waals surface area contributed by atoms with Crippen molar-refractivity contribution >= 4 is 5.91 Å². The van der Waals surface area contributed by atoms with Gasteiger partial charge in [-0.25, -0.2) is 0 Å². The molecular formula is C11H19BrN2O. The highest BCUT2D eigenvalue weighted by Gasteiger charge is 2.47. The van der Waals surface area contributed by atoms with Gasteiger partial charge >= 0.3 is 0 Å². The number of piperidine rings is 3. The summed E-state index contributed by atoms with van der Waals surface area (Å²) in [7, 11) is 0. The second kappa shape index (κ2) is 4.66. The number of halogens is 1. The highest BCUT2D eigenvalue weighted by atomic mass is 79.9. The van der Waals surface area contributed by atoms with Gasteiger partial charge in [0.05, 0.1) is 32.1 Å². The van der Waals surface area contributed by atoms with Crippen LogP contribution in [0.15, 0.2) is 12.7 Å². The van der Waals surface area contributed by atoms with Crippen LogP contribution in [0.2, 0.25) is 0 Å². The van der Waals surface area contributed by atoms with E-state index in [1.54, 1.807) is 0 Å². The van der Waals surface area contributed by atoms with Gasteiger partial charge in [0, 0.05) is 12.8 Å². The third-order valence-corrected chi connectivity index (χ3v) is 3.98. The van der Waals surface area contributed by atoms with Gasteiger partial charge in [0.15, 0.2) is 0 Å². The zero-order valence-corrected chi connectivity index (χ0v) is 10.6. The molecular weight excluding hydrogens is 256 g/mol. The Labute approximate surface area is 102 Å². The molecule has 2 bridgehead atoms. The first-order valence-electron chi connectivity index (χ1n) is 5.42. The molecule has 3 rings (SSSR count). The molecule has 1 unspecified atom stereocenters. The van der Waals surface area contributed by atoms with Crippen molar-refractivity contribution in [3.05, 3.63) is 12.7 Å². The Kier molecular flexibility index (Phi) is 3.95. The van der Waals surface area contributed by atoms with Crippen LogP contribution in [0.3, 0.4) is 0 Å². The average molecular weight is 275 g/mol. The Morgan fingerprint density at radius 3 is 2.53 bits per heavy atom. The smallest absolute Gasteiger partial charge is 0.226 e. The molecule has 0 spiro atoms. The Morgan fingerprint density at radius 2 is 2.07 bits per heavy atom. The van der Waals surface area contributed by atoms with Gasteiger partial charge in [0.25, 0.3) is 0 Å². The molecule has 3 saturated heterocycles. The quantitative estimate of drug-likeness (QED) is 0.450. The minimum absolute atomic E-state index is 0. The number of amides is 1. The summed E-state index contributed by atoms with van der Waals surface area (Å²) in [5.74, 6) is 0.593. The van der Waals surface area contributed by atoms with Crippen molar-refractivity contribution in [1.29, 1.82) is 0 Å². The van der Waals surface area contributed by atoms with Crippen LogP contribution in [-0.4, -0.2) is 36.6 Å². The van der Waals surface area contributed by atoms with Gasteiger partial charge in [-0.2, -0.15) is 0 Å². The Bertz CT molecular complexity index is 259. The summed E-state index contributed by atoms with van der Waals surface area (Å²) in [5.41, 5.74) is 5.43. The predicted octanol–water partition coefficient (Wildman–Crippen LogP) is -2.48. The van der Waals surface area contributed by atoms with Crippen molar-refractivity contribution < 1.29 is 26.3 Å². The van der Waals surface area contributed by atoms with Gasteiger partial charge in [0.1, 0.15) is 0 Å². The molecule has 0 aromatic heterocycles. The maximum atomic E-state index is 11.3. The van der Waals surface area contributed by atoms with E-state index in [9.17, 15) is 4.79 Å². The van der Waals surface area contributed by atoms with E-state index in [0.717, 1.165) is 17.6 Å². The van der Waals surface area contributed by atoms with Crippen LogP contribution in [0.25, 0.3) is 0 Å². The number of fused-ring (bicyclic) bond motifs is 3. The molecule has 3 aliphatic heterocycles. The first-order chi connectivity index (χ1) is 6.67. The SMILES string of the molecule is C=CC[N+]12CCC(CC1)C(C(N)=O)C2.[Br-]. The predicted molar refractivity (Wildman–Crippen MR) is 55.3 cm³/mol. The molecule has 15 heavy (non-hydrogen) atoms. The molecule has 0 aliphatic carbocycles. The third kappa shape index (κ3) is 2.26. The lowest BCUT2D eigenvalue weighted by Crippen LogP contribution is -3.00. The number of quaternary nitrogens is 1. The summed E-state index contributed by atoms with van der Waals surface area (Å²) in [5, 5.41) is 0. The molecule has 3 nitrogen and oxygen atoms in total. The second-order valence-electron chi connectivity index (χ2n) is 4.79. The molecule has 86 valence electrons. The van der Waals surface area contributed by atoms with Crippen LogP contribution in [0.1, 0.15) is 12.8 Å². The van der Waals surface area contributed by atoms with Gasteiger partial charge in [-0.15, -0.1) is 0 Å². The van der Waals surface area contributed by atoms with Gasteiger partial charge in [0.2, 0.25) is 5.91 Å². The van der Waals surface area contributed by atoms with Crippen molar-refractivity contribution in [3.63, 3.8) is 0 Å². The lowest BCUT2D eigenvalue weighted by molar-refractivity contribution is -0.940. The Morgan fingerprint density at radius 1 is 1.47 bits per heavy atom. The number of rotatable bonds is 3. The first-order valence-corrected chi connectivity index (χ1v) is 5.42. The molecule has 1 atom stereocenters. The van der Waals surface area contributed by atoms with E-state index in [1.165, 1.54) is 25.9 Å². The maximum absolute atomic E-state index is 11.3. The lowest BCUT2D eigenvalue weighted by atomic mass is 9.77. The molecule has 3 fully saturated rings. The van der Waals surface area contributed by atoms with E-state index in [2.05, 4.69) is 6.58 Å². The summed E-state index contributed by atoms with van der Waals surface area (Å²) in [6.45, 7) is 8.17. The lowest BCUT2D eigenvalue weighted by Gasteiger charge is -2.51. The highest BCUT2D eigenvalue weighted by Crippen LogP contribution is 2.37. The van der Waals surface area contributed by atoms with Crippen molar-refractivity contribution in [3.8, 4) is 0 Å². The van der Waals surface area contributed by atoms with Crippen LogP contribution >= 0.6 is 0 Å². The number of nitrogens with zero attached hydrogens (tertiary/aromatic N) is 1. The van der Waals surface area contributed by atoms with Crippen LogP contribution in [0.4, 0.5) is 0 Å². The zero-order chi connectivity index (χ0) is 10.2. The minimum Gasteiger partial charge on any atom is -1.00 e. The van der Waals surface area contributed by atoms with E-state index < -0.39 is 0 Å². The third-order valence-electron chi connectivity index (χ3n) is 3.98. The first kappa shape index (κ1) is 12.7. The number of carbonyl (C=O) groups excluding carboxylic acids is 1. The van der Waals surface area contributed by atoms with Crippen molar-refractivity contribution in [1.82, 2.24) is 0 Å². The highest BCUT2D eigenvalue weighted by molar-refractivity contribution is 5.77. The van der Waals surface area contributed by atoms with Gasteiger partial charge in [-0.05, 0) is 12.0 Å². The molecule has 0 aromatic rings. The summed E-state index contributed by atoms with van der Waals surface area (Å²) < 4.78 is 1.05. The number of carbonyl (C=O) groups is 1. The van der Waals surface area contributed by atoms with Gasteiger partial charge < -0.3 is 27.2 Å². The fraction of sp³-hybridized carbons (Fsp3) is 0.727. The van der Waals surface area contributed by atoms with Crippen molar-refractivity contribution in [2.45, 2.75) is 12.8 Å². The fourth-order valence-corrected chi connectivity index (χ4v) is 3.14. The second-order valence-corrected chi connectivity index (χ2v) is 4.79. The van der Waals surface area contributed by atoms with Gasteiger partial charge in [-0.3, -0.25) is 4.79 Å². The Hall–Kier alpha value is -0.350. The summed E-state index contributed by atoms with van der Waals surface area (Å²) in [4.78, 5) is 11.3. The van der Waals surface area contributed by atoms with E-state index in [1.807, 2.05) is 6.08 Å². The summed E-state index contributed by atoms with van der Waals surface area (Å²) in [6.07, 6.45) is 4.31. The van der Waals surface area contributed by atoms with Crippen LogP contribution < -0.4 is 22.7 Å². The minimum atomic E-state index is -0.0963. The van der Waals surface area contributed by atoms with Crippen molar-refractivity contribution in [2.75, 3.05) is 26.2 Å². The van der Waals surface area contributed by atoms with Crippen LogP contribution in [0.5, 0.6) is 0 Å². The number of hydrogen-bond donors (Lipinski definition) is 1. The topological polar surface area (TPSA) is 43.1 Å². The van der Waals surface area contributed by atoms with Gasteiger partial charge in [-0.1, -0.05) is 6.58 Å². The molecule has 3 heterocycles. The number of nitrogens with two attached hydrogens (primary N) is 1. The molecule has 0 saturated carbocycles. The average Bonchev–Trinajstić information content (AvgIpc) is 2.19. The molecule has 1 amide bonds. The zero-order valence-electron chi connectivity index (χ0n) is 8.99. The number of primary amides is 1. The van der Waals surface area contributed by atoms with E-state index in [0.29, 0.717) is 5.92 Å². The standard InChI is InChI=1S/C11H18N2O.BrH/c1-2-5-13-6-3-9(4-7-13)10(8-13)11(12)14;/h2,9-10H,1,3-8H2,(H-,12,14);1H. The molecule has 0 radical (unpaired) electrons. The van der Waals surface area contributed by atoms with Crippen LogP contribution in [0, 0.1) is 11.8 Å². The van der Waals surface area contributed by atoms with E-state index >= 15 is 0 Å². The van der Waals surface area contributed by atoms with E-state index in [4.69, 9.17) is 5.73 Å². The normalized spacial score (nSPS) is 38.1. The summed E-state index contributed by atoms with van der Waals surface area (Å²) >= 11 is 0. The van der Waals surface area contributed by atoms with E-state index in [-0.39, 0.29) is 28.8 Å². The molecule has 4 heteroatoms. The van der Waals surface area contributed by atoms with Crippen LogP contribution in [-0.2, 0) is 4.79 Å². The molecule has 3 aliphatic rings. The molecule has 0 aromatic carbocycles. The largest absolute Gasteiger partial charge is 1.00 e. The number of hydrogen-bond acceptors (Lipinski definition) is 1. The maximum Gasteiger partial charge on any atom is 0.226 e. The fourth-order valence-electron chi connectivity index (χ4n) is 3.14. The monoisotopic (exact) mass is 274 g/mol.